The highest BCUT2D eigenvalue weighted by Crippen LogP contribution is 2.14. The second kappa shape index (κ2) is 7.10. The summed E-state index contributed by atoms with van der Waals surface area (Å²) in [5.74, 6) is -0.306. The zero-order valence-corrected chi connectivity index (χ0v) is 11.1. The van der Waals surface area contributed by atoms with Gasteiger partial charge >= 0.3 is 0 Å². The number of rotatable bonds is 6. The predicted molar refractivity (Wildman–Crippen MR) is 68.5 cm³/mol. The molecule has 1 aromatic rings. The van der Waals surface area contributed by atoms with Crippen LogP contribution >= 0.6 is 0 Å². The third-order valence-electron chi connectivity index (χ3n) is 2.87. The zero-order chi connectivity index (χ0) is 13.5. The Bertz CT molecular complexity index is 426. The van der Waals surface area contributed by atoms with Crippen molar-refractivity contribution in [1.82, 2.24) is 4.90 Å². The Balaban J connectivity index is 2.86. The number of methoxy groups -OCH3 is 1. The second-order valence-electron chi connectivity index (χ2n) is 4.47. The molecule has 0 aliphatic rings. The molecule has 0 spiro atoms. The van der Waals surface area contributed by atoms with Crippen molar-refractivity contribution in [3.05, 3.63) is 35.1 Å². The van der Waals surface area contributed by atoms with Gasteiger partial charge in [-0.15, -0.1) is 0 Å². The molecule has 0 atom stereocenters. The highest BCUT2D eigenvalue weighted by Gasteiger charge is 2.13. The van der Waals surface area contributed by atoms with Crippen LogP contribution in [0.4, 0.5) is 4.39 Å². The molecule has 0 aromatic heterocycles. The van der Waals surface area contributed by atoms with Gasteiger partial charge in [-0.2, -0.15) is 5.26 Å². The normalized spacial score (nSPS) is 10.9. The van der Waals surface area contributed by atoms with Gasteiger partial charge in [0.05, 0.1) is 18.2 Å². The van der Waals surface area contributed by atoms with Crippen molar-refractivity contribution in [3.63, 3.8) is 0 Å². The third-order valence-corrected chi connectivity index (χ3v) is 2.87. The fourth-order valence-electron chi connectivity index (χ4n) is 1.75. The smallest absolute Gasteiger partial charge is 0.123 e. The number of ether oxygens (including phenoxy) is 1. The molecule has 0 fully saturated rings. The van der Waals surface area contributed by atoms with Crippen LogP contribution in [0, 0.1) is 17.1 Å². The van der Waals surface area contributed by atoms with Gasteiger partial charge in [0.1, 0.15) is 5.82 Å². The maximum absolute atomic E-state index is 13.2. The van der Waals surface area contributed by atoms with Gasteiger partial charge in [-0.05, 0) is 37.6 Å². The Morgan fingerprint density at radius 3 is 2.72 bits per heavy atom. The minimum Gasteiger partial charge on any atom is -0.383 e. The first-order chi connectivity index (χ1) is 8.58. The molecule has 1 rings (SSSR count). The van der Waals surface area contributed by atoms with Crippen molar-refractivity contribution in [2.45, 2.75) is 26.4 Å². The van der Waals surface area contributed by atoms with E-state index in [4.69, 9.17) is 10.00 Å². The molecule has 0 saturated heterocycles. The van der Waals surface area contributed by atoms with Crippen LogP contribution in [0.5, 0.6) is 0 Å². The fourth-order valence-corrected chi connectivity index (χ4v) is 1.75. The lowest BCUT2D eigenvalue weighted by molar-refractivity contribution is 0.125. The molecule has 0 aliphatic heterocycles. The van der Waals surface area contributed by atoms with E-state index in [9.17, 15) is 4.39 Å². The summed E-state index contributed by atoms with van der Waals surface area (Å²) in [6.45, 7) is 6.08. The molecule has 98 valence electrons. The van der Waals surface area contributed by atoms with Gasteiger partial charge in [0.25, 0.3) is 0 Å². The van der Waals surface area contributed by atoms with Gasteiger partial charge in [0.15, 0.2) is 0 Å². The van der Waals surface area contributed by atoms with Crippen LogP contribution in [0.15, 0.2) is 18.2 Å². The molecule has 1 aromatic carbocycles. The van der Waals surface area contributed by atoms with Crippen molar-refractivity contribution in [1.29, 1.82) is 5.26 Å². The van der Waals surface area contributed by atoms with Crippen molar-refractivity contribution in [2.24, 2.45) is 0 Å². The van der Waals surface area contributed by atoms with Gasteiger partial charge in [-0.1, -0.05) is 0 Å². The molecule has 0 saturated carbocycles. The largest absolute Gasteiger partial charge is 0.383 e. The Morgan fingerprint density at radius 2 is 2.17 bits per heavy atom. The molecule has 0 heterocycles. The lowest BCUT2D eigenvalue weighted by Gasteiger charge is -2.26. The monoisotopic (exact) mass is 250 g/mol. The minimum absolute atomic E-state index is 0.306. The fraction of sp³-hybridized carbons (Fsp3) is 0.500. The summed E-state index contributed by atoms with van der Waals surface area (Å²) in [5.41, 5.74) is 1.25. The Morgan fingerprint density at radius 1 is 1.44 bits per heavy atom. The average molecular weight is 250 g/mol. The van der Waals surface area contributed by atoms with Crippen molar-refractivity contribution >= 4 is 0 Å². The minimum atomic E-state index is -0.306. The first-order valence-electron chi connectivity index (χ1n) is 6.00. The lowest BCUT2D eigenvalue weighted by atomic mass is 10.1. The molecule has 0 aliphatic carbocycles. The third kappa shape index (κ3) is 4.10. The van der Waals surface area contributed by atoms with E-state index < -0.39 is 0 Å². The summed E-state index contributed by atoms with van der Waals surface area (Å²) < 4.78 is 18.3. The summed E-state index contributed by atoms with van der Waals surface area (Å²) in [6.07, 6.45) is 0. The first kappa shape index (κ1) is 14.6. The van der Waals surface area contributed by atoms with E-state index in [-0.39, 0.29) is 5.82 Å². The van der Waals surface area contributed by atoms with Crippen LogP contribution in [0.3, 0.4) is 0 Å². The molecule has 0 bridgehead atoms. The summed E-state index contributed by atoms with van der Waals surface area (Å²) in [4.78, 5) is 2.15. The molecule has 0 radical (unpaired) electrons. The van der Waals surface area contributed by atoms with Gasteiger partial charge in [0.2, 0.25) is 0 Å². The molecule has 4 heteroatoms. The van der Waals surface area contributed by atoms with Crippen molar-refractivity contribution in [2.75, 3.05) is 20.3 Å². The maximum Gasteiger partial charge on any atom is 0.123 e. The van der Waals surface area contributed by atoms with E-state index in [2.05, 4.69) is 24.8 Å². The zero-order valence-electron chi connectivity index (χ0n) is 11.1. The Hall–Kier alpha value is -1.44. The van der Waals surface area contributed by atoms with Crippen LogP contribution in [-0.4, -0.2) is 31.2 Å². The van der Waals surface area contributed by atoms with E-state index in [1.54, 1.807) is 7.11 Å². The van der Waals surface area contributed by atoms with Crippen LogP contribution in [0.25, 0.3) is 0 Å². The van der Waals surface area contributed by atoms with E-state index in [1.165, 1.54) is 18.2 Å². The lowest BCUT2D eigenvalue weighted by Crippen LogP contribution is -2.33. The highest BCUT2D eigenvalue weighted by molar-refractivity contribution is 5.37. The first-order valence-corrected chi connectivity index (χ1v) is 6.00. The maximum atomic E-state index is 13.2. The number of hydrogen-bond acceptors (Lipinski definition) is 3. The van der Waals surface area contributed by atoms with Crippen LogP contribution < -0.4 is 0 Å². The SMILES string of the molecule is COCCN(Cc1cc(F)ccc1C#N)C(C)C. The molecule has 3 nitrogen and oxygen atoms in total. The molecule has 0 amide bonds. The van der Waals surface area contributed by atoms with E-state index >= 15 is 0 Å². The van der Waals surface area contributed by atoms with Gasteiger partial charge in [-0.3, -0.25) is 4.90 Å². The standard InChI is InChI=1S/C14H19FN2O/c1-11(2)17(6-7-18-3)10-13-8-14(15)5-4-12(13)9-16/h4-5,8,11H,6-7,10H2,1-3H3. The molecular formula is C14H19FN2O. The topological polar surface area (TPSA) is 36.3 Å². The number of nitrogens with zero attached hydrogens (tertiary/aromatic N) is 2. The number of benzene rings is 1. The summed E-state index contributed by atoms with van der Waals surface area (Å²) in [6, 6.07) is 6.69. The van der Waals surface area contributed by atoms with E-state index in [1.807, 2.05) is 0 Å². The molecule has 18 heavy (non-hydrogen) atoms. The highest BCUT2D eigenvalue weighted by atomic mass is 19.1. The van der Waals surface area contributed by atoms with Gasteiger partial charge in [-0.25, -0.2) is 4.39 Å². The van der Waals surface area contributed by atoms with Crippen molar-refractivity contribution in [3.8, 4) is 6.07 Å². The summed E-state index contributed by atoms with van der Waals surface area (Å²) in [7, 11) is 1.65. The summed E-state index contributed by atoms with van der Waals surface area (Å²) in [5, 5.41) is 9.02. The van der Waals surface area contributed by atoms with Gasteiger partial charge < -0.3 is 4.74 Å². The van der Waals surface area contributed by atoms with Gasteiger partial charge in [0, 0.05) is 26.2 Å². The number of nitriles is 1. The summed E-state index contributed by atoms with van der Waals surface area (Å²) >= 11 is 0. The quantitative estimate of drug-likeness (QED) is 0.778. The Labute approximate surface area is 108 Å². The van der Waals surface area contributed by atoms with Crippen molar-refractivity contribution < 1.29 is 9.13 Å². The number of halogens is 1. The number of hydrogen-bond donors (Lipinski definition) is 0. The molecular weight excluding hydrogens is 231 g/mol. The average Bonchev–Trinajstić information content (AvgIpc) is 2.34. The van der Waals surface area contributed by atoms with E-state index in [0.717, 1.165) is 12.1 Å². The van der Waals surface area contributed by atoms with Crippen LogP contribution in [0.2, 0.25) is 0 Å². The Kier molecular flexibility index (Phi) is 5.76. The van der Waals surface area contributed by atoms with E-state index in [0.29, 0.717) is 24.8 Å². The predicted octanol–water partition coefficient (Wildman–Crippen LogP) is 2.55. The van der Waals surface area contributed by atoms with Crippen LogP contribution in [-0.2, 0) is 11.3 Å². The van der Waals surface area contributed by atoms with Crippen LogP contribution in [0.1, 0.15) is 25.0 Å². The molecule has 0 N–H and O–H groups in total. The second-order valence-corrected chi connectivity index (χ2v) is 4.47. The molecule has 0 unspecified atom stereocenters.